The van der Waals surface area contributed by atoms with Crippen LogP contribution in [0, 0.1) is 5.92 Å². The zero-order valence-corrected chi connectivity index (χ0v) is 12.4. The summed E-state index contributed by atoms with van der Waals surface area (Å²) in [7, 11) is 0. The lowest BCUT2D eigenvalue weighted by Gasteiger charge is -2.19. The molecule has 0 saturated carbocycles. The van der Waals surface area contributed by atoms with Crippen LogP contribution in [0.15, 0.2) is 24.3 Å². The normalized spacial score (nSPS) is 15.2. The van der Waals surface area contributed by atoms with Crippen LogP contribution in [-0.2, 0) is 11.2 Å². The number of rotatable bonds is 5. The number of nitrogens with one attached hydrogen (secondary N) is 1. The molecule has 20 heavy (non-hydrogen) atoms. The predicted molar refractivity (Wildman–Crippen MR) is 84.5 cm³/mol. The Balaban J connectivity index is 2.26. The summed E-state index contributed by atoms with van der Waals surface area (Å²) in [5, 5.41) is 2.93. The van der Waals surface area contributed by atoms with Crippen molar-refractivity contribution < 1.29 is 4.79 Å². The second kappa shape index (κ2) is 6.71. The molecule has 1 aromatic rings. The van der Waals surface area contributed by atoms with Gasteiger partial charge in [0.15, 0.2) is 0 Å². The number of amides is 1. The summed E-state index contributed by atoms with van der Waals surface area (Å²) in [6.07, 6.45) is 5.78. The van der Waals surface area contributed by atoms with E-state index in [1.807, 2.05) is 6.07 Å². The number of carbonyl (C=O) groups excluding carboxylic acids is 1. The highest BCUT2D eigenvalue weighted by molar-refractivity contribution is 5.94. The molecule has 2 rings (SSSR count). The largest absolute Gasteiger partial charge is 0.330 e. The monoisotopic (exact) mass is 272 g/mol. The molecular formula is C17H24N2O. The van der Waals surface area contributed by atoms with Crippen molar-refractivity contribution in [3.8, 4) is 0 Å². The molecule has 1 amide bonds. The van der Waals surface area contributed by atoms with E-state index in [9.17, 15) is 4.79 Å². The number of hydrogen-bond donors (Lipinski definition) is 2. The third-order valence-electron chi connectivity index (χ3n) is 3.73. The Morgan fingerprint density at radius 1 is 1.40 bits per heavy atom. The average Bonchev–Trinajstić information content (AvgIpc) is 2.43. The van der Waals surface area contributed by atoms with Gasteiger partial charge in [-0.1, -0.05) is 26.0 Å². The Bertz CT molecular complexity index is 518. The number of allylic oxidation sites excluding steroid dienone is 2. The Morgan fingerprint density at radius 3 is 2.90 bits per heavy atom. The molecule has 1 heterocycles. The van der Waals surface area contributed by atoms with E-state index in [-0.39, 0.29) is 5.91 Å². The molecular weight excluding hydrogens is 248 g/mol. The molecule has 1 aliphatic heterocycles. The van der Waals surface area contributed by atoms with Gasteiger partial charge in [-0.3, -0.25) is 4.79 Å². The first-order chi connectivity index (χ1) is 9.61. The van der Waals surface area contributed by atoms with Crippen molar-refractivity contribution >= 4 is 17.2 Å². The number of benzene rings is 1. The number of aryl methyl sites for hydroxylation is 1. The molecule has 1 aromatic carbocycles. The summed E-state index contributed by atoms with van der Waals surface area (Å²) in [4.78, 5) is 11.4. The van der Waals surface area contributed by atoms with Crippen molar-refractivity contribution in [2.24, 2.45) is 11.7 Å². The fourth-order valence-electron chi connectivity index (χ4n) is 2.63. The number of hydrogen-bond acceptors (Lipinski definition) is 2. The highest BCUT2D eigenvalue weighted by Gasteiger charge is 2.16. The SMILES string of the molecule is CC(C)/C(=C\CCCN)c1ccc2c(c1)CCC(=O)N2. The van der Waals surface area contributed by atoms with E-state index in [0.29, 0.717) is 12.3 Å². The summed E-state index contributed by atoms with van der Waals surface area (Å²) in [6.45, 7) is 5.17. The molecule has 0 aliphatic carbocycles. The molecule has 0 unspecified atom stereocenters. The summed E-state index contributed by atoms with van der Waals surface area (Å²) in [6, 6.07) is 6.36. The minimum atomic E-state index is 0.118. The molecule has 0 fully saturated rings. The zero-order valence-electron chi connectivity index (χ0n) is 12.4. The molecule has 0 radical (unpaired) electrons. The van der Waals surface area contributed by atoms with E-state index in [1.54, 1.807) is 0 Å². The summed E-state index contributed by atoms with van der Waals surface area (Å²) in [5.41, 5.74) is 10.4. The summed E-state index contributed by atoms with van der Waals surface area (Å²) in [5.74, 6) is 0.608. The van der Waals surface area contributed by atoms with E-state index in [4.69, 9.17) is 5.73 Å². The van der Waals surface area contributed by atoms with Gasteiger partial charge in [0, 0.05) is 12.1 Å². The molecule has 1 aliphatic rings. The lowest BCUT2D eigenvalue weighted by molar-refractivity contribution is -0.116. The minimum absolute atomic E-state index is 0.118. The zero-order chi connectivity index (χ0) is 14.5. The standard InChI is InChI=1S/C17H24N2O/c1-12(2)15(5-3-4-10-18)13-6-8-16-14(11-13)7-9-17(20)19-16/h5-6,8,11-12H,3-4,7,9-10,18H2,1-2H3,(H,19,20)/b15-5+. The lowest BCUT2D eigenvalue weighted by atomic mass is 9.91. The quantitative estimate of drug-likeness (QED) is 0.808. The van der Waals surface area contributed by atoms with E-state index in [1.165, 1.54) is 16.7 Å². The van der Waals surface area contributed by atoms with Crippen molar-refractivity contribution in [3.05, 3.63) is 35.4 Å². The molecule has 0 aromatic heterocycles. The highest BCUT2D eigenvalue weighted by Crippen LogP contribution is 2.30. The number of fused-ring (bicyclic) bond motifs is 1. The van der Waals surface area contributed by atoms with Crippen LogP contribution in [0.25, 0.3) is 5.57 Å². The third-order valence-corrected chi connectivity index (χ3v) is 3.73. The Kier molecular flexibility index (Phi) is 4.96. The van der Waals surface area contributed by atoms with Crippen LogP contribution in [0.4, 0.5) is 5.69 Å². The lowest BCUT2D eigenvalue weighted by Crippen LogP contribution is -2.19. The topological polar surface area (TPSA) is 55.1 Å². The van der Waals surface area contributed by atoms with Gasteiger partial charge in [-0.25, -0.2) is 0 Å². The van der Waals surface area contributed by atoms with Crippen LogP contribution in [0.2, 0.25) is 0 Å². The Morgan fingerprint density at radius 2 is 2.20 bits per heavy atom. The molecule has 3 heteroatoms. The average molecular weight is 272 g/mol. The summed E-state index contributed by atoms with van der Waals surface area (Å²) < 4.78 is 0. The third kappa shape index (κ3) is 3.48. The first-order valence-electron chi connectivity index (χ1n) is 7.45. The molecule has 0 atom stereocenters. The van der Waals surface area contributed by atoms with Gasteiger partial charge in [0.1, 0.15) is 0 Å². The van der Waals surface area contributed by atoms with E-state index in [2.05, 4.69) is 37.4 Å². The maximum absolute atomic E-state index is 11.4. The van der Waals surface area contributed by atoms with E-state index in [0.717, 1.165) is 31.5 Å². The fraction of sp³-hybridized carbons (Fsp3) is 0.471. The van der Waals surface area contributed by atoms with Gasteiger partial charge in [0.2, 0.25) is 5.91 Å². The predicted octanol–water partition coefficient (Wildman–Crippen LogP) is 3.35. The van der Waals surface area contributed by atoms with Crippen LogP contribution in [-0.4, -0.2) is 12.5 Å². The molecule has 0 spiro atoms. The van der Waals surface area contributed by atoms with Gasteiger partial charge in [0.25, 0.3) is 0 Å². The van der Waals surface area contributed by atoms with Crippen molar-refractivity contribution in [3.63, 3.8) is 0 Å². The maximum Gasteiger partial charge on any atom is 0.224 e. The number of nitrogens with two attached hydrogens (primary N) is 1. The molecule has 3 nitrogen and oxygen atoms in total. The van der Waals surface area contributed by atoms with Crippen molar-refractivity contribution in [1.82, 2.24) is 0 Å². The molecule has 3 N–H and O–H groups in total. The number of anilines is 1. The van der Waals surface area contributed by atoms with Gasteiger partial charge in [-0.15, -0.1) is 0 Å². The maximum atomic E-state index is 11.4. The van der Waals surface area contributed by atoms with Crippen LogP contribution < -0.4 is 11.1 Å². The second-order valence-corrected chi connectivity index (χ2v) is 5.67. The van der Waals surface area contributed by atoms with E-state index >= 15 is 0 Å². The second-order valence-electron chi connectivity index (χ2n) is 5.67. The molecule has 0 bridgehead atoms. The van der Waals surface area contributed by atoms with Crippen LogP contribution in [0.5, 0.6) is 0 Å². The van der Waals surface area contributed by atoms with Gasteiger partial charge in [-0.2, -0.15) is 0 Å². The van der Waals surface area contributed by atoms with Gasteiger partial charge in [0.05, 0.1) is 0 Å². The van der Waals surface area contributed by atoms with Gasteiger partial charge < -0.3 is 11.1 Å². The van der Waals surface area contributed by atoms with Crippen molar-refractivity contribution in [2.75, 3.05) is 11.9 Å². The first kappa shape index (κ1) is 14.8. The molecule has 0 saturated heterocycles. The van der Waals surface area contributed by atoms with Crippen LogP contribution in [0.3, 0.4) is 0 Å². The number of unbranched alkanes of at least 4 members (excludes halogenated alkanes) is 1. The van der Waals surface area contributed by atoms with Crippen molar-refractivity contribution in [1.29, 1.82) is 0 Å². The van der Waals surface area contributed by atoms with Crippen LogP contribution >= 0.6 is 0 Å². The smallest absolute Gasteiger partial charge is 0.224 e. The number of carbonyl (C=O) groups is 1. The first-order valence-corrected chi connectivity index (χ1v) is 7.45. The van der Waals surface area contributed by atoms with Crippen molar-refractivity contribution in [2.45, 2.75) is 39.5 Å². The summed E-state index contributed by atoms with van der Waals surface area (Å²) >= 11 is 0. The van der Waals surface area contributed by atoms with E-state index < -0.39 is 0 Å². The Labute approximate surface area is 121 Å². The fourth-order valence-corrected chi connectivity index (χ4v) is 2.63. The van der Waals surface area contributed by atoms with Gasteiger partial charge >= 0.3 is 0 Å². The van der Waals surface area contributed by atoms with Gasteiger partial charge in [-0.05, 0) is 60.6 Å². The highest BCUT2D eigenvalue weighted by atomic mass is 16.1. The minimum Gasteiger partial charge on any atom is -0.330 e. The Hall–Kier alpha value is -1.61. The molecule has 108 valence electrons. The van der Waals surface area contributed by atoms with Crippen LogP contribution in [0.1, 0.15) is 44.2 Å².